The summed E-state index contributed by atoms with van der Waals surface area (Å²) in [5.41, 5.74) is 0. The van der Waals surface area contributed by atoms with Crippen molar-refractivity contribution < 1.29 is 9.53 Å². The Labute approximate surface area is 102 Å². The lowest BCUT2D eigenvalue weighted by atomic mass is 10.3. The number of ether oxygens (including phenoxy) is 1. The summed E-state index contributed by atoms with van der Waals surface area (Å²) in [6.45, 7) is 6.76. The van der Waals surface area contributed by atoms with Gasteiger partial charge in [-0.1, -0.05) is 0 Å². The van der Waals surface area contributed by atoms with Crippen molar-refractivity contribution >= 4 is 5.91 Å². The first-order chi connectivity index (χ1) is 8.22. The number of morpholine rings is 1. The van der Waals surface area contributed by atoms with Gasteiger partial charge < -0.3 is 15.4 Å². The van der Waals surface area contributed by atoms with E-state index in [4.69, 9.17) is 10.00 Å². The number of rotatable bonds is 6. The maximum absolute atomic E-state index is 11.2. The fraction of sp³-hybridized carbons (Fsp3) is 0.818. The molecule has 1 aliphatic rings. The number of carbonyl (C=O) groups is 1. The molecule has 0 bridgehead atoms. The van der Waals surface area contributed by atoms with Crippen LogP contribution in [0.2, 0.25) is 0 Å². The van der Waals surface area contributed by atoms with E-state index in [0.717, 1.165) is 32.8 Å². The summed E-state index contributed by atoms with van der Waals surface area (Å²) >= 11 is 0. The number of amides is 1. The van der Waals surface area contributed by atoms with E-state index in [1.54, 1.807) is 0 Å². The number of nitrogens with one attached hydrogen (secondary N) is 2. The number of nitriles is 1. The Hall–Kier alpha value is -1.16. The molecule has 1 aliphatic heterocycles. The minimum absolute atomic E-state index is 0.0678. The smallest absolute Gasteiger partial charge is 0.234 e. The molecular weight excluding hydrogens is 220 g/mol. The highest BCUT2D eigenvalue weighted by atomic mass is 16.5. The van der Waals surface area contributed by atoms with Crippen molar-refractivity contribution in [3.05, 3.63) is 0 Å². The quantitative estimate of drug-likeness (QED) is 0.579. The van der Waals surface area contributed by atoms with Crippen LogP contribution in [0.4, 0.5) is 0 Å². The maximum Gasteiger partial charge on any atom is 0.234 e. The van der Waals surface area contributed by atoms with E-state index in [2.05, 4.69) is 15.5 Å². The van der Waals surface area contributed by atoms with Gasteiger partial charge in [0.05, 0.1) is 25.8 Å². The minimum atomic E-state index is -0.139. The van der Waals surface area contributed by atoms with Gasteiger partial charge >= 0.3 is 0 Å². The van der Waals surface area contributed by atoms with Gasteiger partial charge in [0.1, 0.15) is 6.54 Å². The summed E-state index contributed by atoms with van der Waals surface area (Å²) in [6.07, 6.45) is 0. The van der Waals surface area contributed by atoms with Crippen molar-refractivity contribution in [2.75, 3.05) is 45.9 Å². The summed E-state index contributed by atoms with van der Waals surface area (Å²) in [6, 6.07) is 2.12. The molecule has 0 spiro atoms. The van der Waals surface area contributed by atoms with E-state index in [1.807, 2.05) is 13.0 Å². The fourth-order valence-electron chi connectivity index (χ4n) is 1.70. The summed E-state index contributed by atoms with van der Waals surface area (Å²) in [5, 5.41) is 13.9. The largest absolute Gasteiger partial charge is 0.379 e. The average Bonchev–Trinajstić information content (AvgIpc) is 2.35. The van der Waals surface area contributed by atoms with Crippen LogP contribution in [0.1, 0.15) is 6.92 Å². The minimum Gasteiger partial charge on any atom is -0.379 e. The lowest BCUT2D eigenvalue weighted by molar-refractivity contribution is -0.120. The second-order valence-corrected chi connectivity index (χ2v) is 4.13. The lowest BCUT2D eigenvalue weighted by Gasteiger charge is -2.29. The van der Waals surface area contributed by atoms with E-state index >= 15 is 0 Å². The van der Waals surface area contributed by atoms with Gasteiger partial charge in [-0.15, -0.1) is 0 Å². The molecule has 1 rings (SSSR count). The average molecular weight is 240 g/mol. The fourth-order valence-corrected chi connectivity index (χ4v) is 1.70. The van der Waals surface area contributed by atoms with Crippen molar-refractivity contribution in [1.29, 1.82) is 5.26 Å². The SMILES string of the molecule is CC(CN1CCOCC1)NCC(=O)NCC#N. The van der Waals surface area contributed by atoms with Crippen LogP contribution in [-0.2, 0) is 9.53 Å². The Bertz CT molecular complexity index is 271. The monoisotopic (exact) mass is 240 g/mol. The Balaban J connectivity index is 2.09. The zero-order valence-corrected chi connectivity index (χ0v) is 10.2. The first-order valence-corrected chi connectivity index (χ1v) is 5.89. The summed E-state index contributed by atoms with van der Waals surface area (Å²) in [7, 11) is 0. The molecule has 1 saturated heterocycles. The van der Waals surface area contributed by atoms with Crippen LogP contribution in [-0.4, -0.2) is 62.8 Å². The highest BCUT2D eigenvalue weighted by molar-refractivity contribution is 5.78. The molecule has 1 atom stereocenters. The molecule has 6 heteroatoms. The van der Waals surface area contributed by atoms with Crippen molar-refractivity contribution in [2.45, 2.75) is 13.0 Å². The molecule has 0 aromatic heterocycles. The lowest BCUT2D eigenvalue weighted by Crippen LogP contribution is -2.46. The van der Waals surface area contributed by atoms with Gasteiger partial charge in [-0.2, -0.15) is 5.26 Å². The molecule has 0 radical (unpaired) electrons. The first-order valence-electron chi connectivity index (χ1n) is 5.89. The topological polar surface area (TPSA) is 77.4 Å². The van der Waals surface area contributed by atoms with Crippen LogP contribution in [0.25, 0.3) is 0 Å². The molecule has 1 amide bonds. The van der Waals surface area contributed by atoms with Crippen LogP contribution in [0.15, 0.2) is 0 Å². The van der Waals surface area contributed by atoms with Gasteiger partial charge in [-0.05, 0) is 6.92 Å². The number of hydrogen-bond acceptors (Lipinski definition) is 5. The van der Waals surface area contributed by atoms with E-state index < -0.39 is 0 Å². The summed E-state index contributed by atoms with van der Waals surface area (Å²) in [4.78, 5) is 13.6. The molecular formula is C11H20N4O2. The van der Waals surface area contributed by atoms with Gasteiger partial charge in [-0.3, -0.25) is 9.69 Å². The van der Waals surface area contributed by atoms with E-state index in [-0.39, 0.29) is 25.0 Å². The Morgan fingerprint density at radius 3 is 2.88 bits per heavy atom. The van der Waals surface area contributed by atoms with Gasteiger partial charge in [0, 0.05) is 25.7 Å². The van der Waals surface area contributed by atoms with Crippen molar-refractivity contribution in [2.24, 2.45) is 0 Å². The summed E-state index contributed by atoms with van der Waals surface area (Å²) < 4.78 is 5.27. The van der Waals surface area contributed by atoms with E-state index in [1.165, 1.54) is 0 Å². The van der Waals surface area contributed by atoms with Gasteiger partial charge in [0.25, 0.3) is 0 Å². The number of hydrogen-bond donors (Lipinski definition) is 2. The zero-order valence-electron chi connectivity index (χ0n) is 10.2. The Morgan fingerprint density at radius 2 is 2.24 bits per heavy atom. The maximum atomic E-state index is 11.2. The molecule has 0 aromatic rings. The molecule has 0 aliphatic carbocycles. The third kappa shape index (κ3) is 6.22. The van der Waals surface area contributed by atoms with Crippen LogP contribution < -0.4 is 10.6 Å². The predicted molar refractivity (Wildman–Crippen MR) is 63.3 cm³/mol. The van der Waals surface area contributed by atoms with Gasteiger partial charge in [0.15, 0.2) is 0 Å². The van der Waals surface area contributed by atoms with Gasteiger partial charge in [-0.25, -0.2) is 0 Å². The number of carbonyl (C=O) groups excluding carboxylic acids is 1. The van der Waals surface area contributed by atoms with Crippen molar-refractivity contribution in [3.8, 4) is 6.07 Å². The predicted octanol–water partition coefficient (Wildman–Crippen LogP) is -1.06. The van der Waals surface area contributed by atoms with Gasteiger partial charge in [0.2, 0.25) is 5.91 Å². The van der Waals surface area contributed by atoms with Crippen LogP contribution in [0.5, 0.6) is 0 Å². The van der Waals surface area contributed by atoms with Crippen LogP contribution in [0.3, 0.4) is 0 Å². The van der Waals surface area contributed by atoms with E-state index in [0.29, 0.717) is 0 Å². The highest BCUT2D eigenvalue weighted by Gasteiger charge is 2.13. The molecule has 2 N–H and O–H groups in total. The molecule has 1 heterocycles. The molecule has 96 valence electrons. The first kappa shape index (κ1) is 13.9. The molecule has 1 unspecified atom stereocenters. The zero-order chi connectivity index (χ0) is 12.5. The van der Waals surface area contributed by atoms with Crippen molar-refractivity contribution in [3.63, 3.8) is 0 Å². The third-order valence-electron chi connectivity index (χ3n) is 2.61. The second-order valence-electron chi connectivity index (χ2n) is 4.13. The van der Waals surface area contributed by atoms with Crippen molar-refractivity contribution in [1.82, 2.24) is 15.5 Å². The third-order valence-corrected chi connectivity index (χ3v) is 2.61. The Morgan fingerprint density at radius 1 is 1.53 bits per heavy atom. The standard InChI is InChI=1S/C11H20N4O2/c1-10(9-15-4-6-17-7-5-15)14-8-11(16)13-3-2-12/h10,14H,3-9H2,1H3,(H,13,16). The molecule has 0 aromatic carbocycles. The normalized spacial score (nSPS) is 18.4. The molecule has 1 fully saturated rings. The highest BCUT2D eigenvalue weighted by Crippen LogP contribution is 1.97. The molecule has 6 nitrogen and oxygen atoms in total. The van der Waals surface area contributed by atoms with Crippen LogP contribution in [0, 0.1) is 11.3 Å². The summed E-state index contributed by atoms with van der Waals surface area (Å²) in [5.74, 6) is -0.139. The number of nitrogens with zero attached hydrogens (tertiary/aromatic N) is 2. The Kier molecular flexibility index (Phi) is 6.55. The molecule has 0 saturated carbocycles. The second kappa shape index (κ2) is 8.01. The molecule has 17 heavy (non-hydrogen) atoms. The van der Waals surface area contributed by atoms with E-state index in [9.17, 15) is 4.79 Å². The van der Waals surface area contributed by atoms with Crippen LogP contribution >= 0.6 is 0 Å².